The zero-order valence-corrected chi connectivity index (χ0v) is 12.5. The number of nitrogens with zero attached hydrogens (tertiary/aromatic N) is 3. The fraction of sp³-hybridized carbons (Fsp3) is 0.267. The van der Waals surface area contributed by atoms with Crippen LogP contribution in [0.2, 0.25) is 0 Å². The largest absolute Gasteiger partial charge is 0.433 e. The first-order valence-corrected chi connectivity index (χ1v) is 6.72. The van der Waals surface area contributed by atoms with E-state index in [2.05, 4.69) is 15.3 Å². The van der Waals surface area contributed by atoms with Gasteiger partial charge in [-0.15, -0.1) is 0 Å². The van der Waals surface area contributed by atoms with Crippen LogP contribution >= 0.6 is 0 Å². The minimum atomic E-state index is -4.58. The molecule has 0 aliphatic rings. The van der Waals surface area contributed by atoms with Crippen LogP contribution in [0.15, 0.2) is 42.6 Å². The lowest BCUT2D eigenvalue weighted by Gasteiger charge is -2.22. The van der Waals surface area contributed by atoms with E-state index in [4.69, 9.17) is 0 Å². The van der Waals surface area contributed by atoms with Gasteiger partial charge in [0.1, 0.15) is 11.7 Å². The number of carbonyl (C=O) groups excluding carboxylic acids is 1. The average Bonchev–Trinajstić information content (AvgIpc) is 2.52. The molecular weight excluding hydrogens is 309 g/mol. The first-order valence-electron chi connectivity index (χ1n) is 6.72. The summed E-state index contributed by atoms with van der Waals surface area (Å²) in [5.41, 5.74) is -0.466. The molecule has 1 amide bonds. The van der Waals surface area contributed by atoms with Crippen LogP contribution in [0.1, 0.15) is 17.3 Å². The maximum absolute atomic E-state index is 12.7. The van der Waals surface area contributed by atoms with Gasteiger partial charge in [-0.1, -0.05) is 30.3 Å². The molecule has 1 aromatic carbocycles. The summed E-state index contributed by atoms with van der Waals surface area (Å²) in [6.07, 6.45) is -3.58. The molecule has 2 aromatic rings. The number of hydrogen-bond donors (Lipinski definition) is 1. The third-order valence-electron chi connectivity index (χ3n) is 3.04. The summed E-state index contributed by atoms with van der Waals surface area (Å²) in [4.78, 5) is 20.9. The Morgan fingerprint density at radius 3 is 2.39 bits per heavy atom. The van der Waals surface area contributed by atoms with Crippen LogP contribution in [0.3, 0.4) is 0 Å². The molecule has 23 heavy (non-hydrogen) atoms. The number of likely N-dealkylation sites (N-methyl/N-ethyl adjacent to an activating group) is 1. The summed E-state index contributed by atoms with van der Waals surface area (Å²) < 4.78 is 38.2. The van der Waals surface area contributed by atoms with Crippen molar-refractivity contribution in [3.8, 4) is 0 Å². The SMILES string of the molecule is CN(C)C(=O)[C@@H](Nc1nccc(C(F)(F)F)n1)c1ccccc1. The maximum atomic E-state index is 12.7. The number of amides is 1. The van der Waals surface area contributed by atoms with E-state index in [-0.39, 0.29) is 11.9 Å². The van der Waals surface area contributed by atoms with Crippen LogP contribution in [-0.4, -0.2) is 34.9 Å². The minimum absolute atomic E-state index is 0.260. The van der Waals surface area contributed by atoms with Crippen molar-refractivity contribution in [2.24, 2.45) is 0 Å². The second kappa shape index (κ2) is 6.64. The lowest BCUT2D eigenvalue weighted by atomic mass is 10.1. The van der Waals surface area contributed by atoms with Gasteiger partial charge in [0.15, 0.2) is 0 Å². The van der Waals surface area contributed by atoms with Gasteiger partial charge >= 0.3 is 6.18 Å². The fourth-order valence-electron chi connectivity index (χ4n) is 1.91. The van der Waals surface area contributed by atoms with Gasteiger partial charge in [-0.2, -0.15) is 13.2 Å². The number of carbonyl (C=O) groups is 1. The Bertz CT molecular complexity index is 674. The average molecular weight is 324 g/mol. The van der Waals surface area contributed by atoms with Crippen molar-refractivity contribution < 1.29 is 18.0 Å². The monoisotopic (exact) mass is 324 g/mol. The number of hydrogen-bond acceptors (Lipinski definition) is 4. The highest BCUT2D eigenvalue weighted by Crippen LogP contribution is 2.28. The molecule has 5 nitrogen and oxygen atoms in total. The molecule has 0 fully saturated rings. The van der Waals surface area contributed by atoms with Crippen molar-refractivity contribution in [3.63, 3.8) is 0 Å². The Hall–Kier alpha value is -2.64. The van der Waals surface area contributed by atoms with Crippen LogP contribution < -0.4 is 5.32 Å². The summed E-state index contributed by atoms with van der Waals surface area (Å²) in [5, 5.41) is 2.68. The molecule has 0 aliphatic carbocycles. The standard InChI is InChI=1S/C15H15F3N4O/c1-22(2)13(23)12(10-6-4-3-5-7-10)21-14-19-9-8-11(20-14)15(16,17)18/h3-9,12H,1-2H3,(H,19,20,21)/t12-/m0/s1. The second-order valence-electron chi connectivity index (χ2n) is 4.98. The highest BCUT2D eigenvalue weighted by atomic mass is 19.4. The van der Waals surface area contributed by atoms with Gasteiger partial charge in [-0.25, -0.2) is 9.97 Å². The van der Waals surface area contributed by atoms with E-state index in [1.54, 1.807) is 44.4 Å². The van der Waals surface area contributed by atoms with Crippen LogP contribution in [0.25, 0.3) is 0 Å². The van der Waals surface area contributed by atoms with Crippen LogP contribution in [-0.2, 0) is 11.0 Å². The summed E-state index contributed by atoms with van der Waals surface area (Å²) in [6.45, 7) is 0. The third-order valence-corrected chi connectivity index (χ3v) is 3.04. The molecule has 0 spiro atoms. The van der Waals surface area contributed by atoms with E-state index in [0.29, 0.717) is 5.56 Å². The van der Waals surface area contributed by atoms with E-state index in [0.717, 1.165) is 12.3 Å². The van der Waals surface area contributed by atoms with Crippen LogP contribution in [0.5, 0.6) is 0 Å². The molecule has 1 atom stereocenters. The molecular formula is C15H15F3N4O. The molecule has 0 radical (unpaired) electrons. The van der Waals surface area contributed by atoms with Gasteiger partial charge in [0.25, 0.3) is 0 Å². The lowest BCUT2D eigenvalue weighted by molar-refractivity contribution is -0.141. The Morgan fingerprint density at radius 1 is 1.17 bits per heavy atom. The van der Waals surface area contributed by atoms with Crippen molar-refractivity contribution in [3.05, 3.63) is 53.9 Å². The quantitative estimate of drug-likeness (QED) is 0.939. The van der Waals surface area contributed by atoms with E-state index in [9.17, 15) is 18.0 Å². The minimum Gasteiger partial charge on any atom is -0.347 e. The number of anilines is 1. The van der Waals surface area contributed by atoms with E-state index in [1.807, 2.05) is 0 Å². The Morgan fingerprint density at radius 2 is 1.83 bits per heavy atom. The molecule has 8 heteroatoms. The third kappa shape index (κ3) is 4.18. The molecule has 1 heterocycles. The summed E-state index contributed by atoms with van der Waals surface area (Å²) in [7, 11) is 3.12. The van der Waals surface area contributed by atoms with E-state index in [1.165, 1.54) is 4.90 Å². The van der Waals surface area contributed by atoms with Crippen LogP contribution in [0, 0.1) is 0 Å². The molecule has 1 aromatic heterocycles. The Balaban J connectivity index is 2.34. The van der Waals surface area contributed by atoms with E-state index >= 15 is 0 Å². The van der Waals surface area contributed by atoms with Gasteiger partial charge in [0, 0.05) is 20.3 Å². The van der Waals surface area contributed by atoms with Gasteiger partial charge < -0.3 is 10.2 Å². The topological polar surface area (TPSA) is 58.1 Å². The highest BCUT2D eigenvalue weighted by molar-refractivity contribution is 5.85. The summed E-state index contributed by atoms with van der Waals surface area (Å²) in [6, 6.07) is 8.55. The van der Waals surface area contributed by atoms with Gasteiger partial charge in [-0.3, -0.25) is 4.79 Å². The number of alkyl halides is 3. The molecule has 122 valence electrons. The van der Waals surface area contributed by atoms with Crippen molar-refractivity contribution in [2.75, 3.05) is 19.4 Å². The first kappa shape index (κ1) is 16.7. The molecule has 0 bridgehead atoms. The number of halogens is 3. The zero-order chi connectivity index (χ0) is 17.0. The lowest BCUT2D eigenvalue weighted by Crippen LogP contribution is -2.33. The molecule has 0 saturated carbocycles. The van der Waals surface area contributed by atoms with Crippen LogP contribution in [0.4, 0.5) is 19.1 Å². The van der Waals surface area contributed by atoms with Gasteiger partial charge in [-0.05, 0) is 11.6 Å². The van der Waals surface area contributed by atoms with Gasteiger partial charge in [0.2, 0.25) is 11.9 Å². The van der Waals surface area contributed by atoms with Crippen molar-refractivity contribution in [2.45, 2.75) is 12.2 Å². The number of rotatable bonds is 4. The normalized spacial score (nSPS) is 12.6. The summed E-state index contributed by atoms with van der Waals surface area (Å²) in [5.74, 6) is -0.582. The number of benzene rings is 1. The molecule has 2 rings (SSSR count). The fourth-order valence-corrected chi connectivity index (χ4v) is 1.91. The highest BCUT2D eigenvalue weighted by Gasteiger charge is 2.33. The molecule has 1 N–H and O–H groups in total. The second-order valence-corrected chi connectivity index (χ2v) is 4.98. The van der Waals surface area contributed by atoms with Gasteiger partial charge in [0.05, 0.1) is 0 Å². The zero-order valence-electron chi connectivity index (χ0n) is 12.5. The maximum Gasteiger partial charge on any atom is 0.433 e. The van der Waals surface area contributed by atoms with Crippen molar-refractivity contribution in [1.82, 2.24) is 14.9 Å². The number of aromatic nitrogens is 2. The first-order chi connectivity index (χ1) is 10.8. The smallest absolute Gasteiger partial charge is 0.347 e. The van der Waals surface area contributed by atoms with E-state index < -0.39 is 17.9 Å². The number of nitrogens with one attached hydrogen (secondary N) is 1. The van der Waals surface area contributed by atoms with Crippen molar-refractivity contribution in [1.29, 1.82) is 0 Å². The Labute approximate surface area is 131 Å². The molecule has 0 unspecified atom stereocenters. The summed E-state index contributed by atoms with van der Waals surface area (Å²) >= 11 is 0. The predicted octanol–water partition coefficient (Wildman–Crippen LogP) is 2.74. The molecule has 0 aliphatic heterocycles. The molecule has 0 saturated heterocycles. The predicted molar refractivity (Wildman–Crippen MR) is 78.5 cm³/mol. The Kier molecular flexibility index (Phi) is 4.83. The van der Waals surface area contributed by atoms with Crippen molar-refractivity contribution >= 4 is 11.9 Å².